The van der Waals surface area contributed by atoms with Gasteiger partial charge >= 0.3 is 6.03 Å². The fourth-order valence-corrected chi connectivity index (χ4v) is 3.53. The van der Waals surface area contributed by atoms with E-state index in [4.69, 9.17) is 4.74 Å². The second-order valence-electron chi connectivity index (χ2n) is 6.76. The van der Waals surface area contributed by atoms with E-state index in [-0.39, 0.29) is 49.3 Å². The van der Waals surface area contributed by atoms with Gasteiger partial charge in [0, 0.05) is 25.6 Å². The number of thiazole rings is 1. The Balaban J connectivity index is 1.61. The summed E-state index contributed by atoms with van der Waals surface area (Å²) < 4.78 is 31.9. The second kappa shape index (κ2) is 11.3. The standard InChI is InChI=1S/C22H22F2N4O3S/c1-31-11-10-28(22(30)27-18-5-3-2-4-17(18)24)13-20-26-19(14-32-20)21(29)25-12-15-6-8-16(23)9-7-15/h2-9,14H,10-13H2,1H3,(H,25,29)(H,27,30). The van der Waals surface area contributed by atoms with Crippen LogP contribution in [0.1, 0.15) is 21.1 Å². The Morgan fingerprint density at radius 1 is 1.12 bits per heavy atom. The van der Waals surface area contributed by atoms with Crippen LogP contribution in [0.5, 0.6) is 0 Å². The molecule has 0 fully saturated rings. The summed E-state index contributed by atoms with van der Waals surface area (Å²) in [6.45, 7) is 0.889. The number of para-hydroxylation sites is 1. The van der Waals surface area contributed by atoms with Gasteiger partial charge in [0.1, 0.15) is 22.3 Å². The molecule has 7 nitrogen and oxygen atoms in total. The Kier molecular flexibility index (Phi) is 8.23. The van der Waals surface area contributed by atoms with E-state index in [1.165, 1.54) is 53.7 Å². The van der Waals surface area contributed by atoms with E-state index in [9.17, 15) is 18.4 Å². The van der Waals surface area contributed by atoms with Crippen molar-refractivity contribution in [1.29, 1.82) is 0 Å². The molecule has 0 spiro atoms. The normalized spacial score (nSPS) is 10.6. The van der Waals surface area contributed by atoms with Crippen LogP contribution in [0.25, 0.3) is 0 Å². The summed E-state index contributed by atoms with van der Waals surface area (Å²) in [6, 6.07) is 11.2. The highest BCUT2D eigenvalue weighted by Gasteiger charge is 2.18. The van der Waals surface area contributed by atoms with Crippen LogP contribution in [-0.2, 0) is 17.8 Å². The second-order valence-corrected chi connectivity index (χ2v) is 7.70. The Bertz CT molecular complexity index is 1060. The highest BCUT2D eigenvalue weighted by molar-refractivity contribution is 7.09. The van der Waals surface area contributed by atoms with Gasteiger partial charge in [0.25, 0.3) is 5.91 Å². The van der Waals surface area contributed by atoms with E-state index in [0.29, 0.717) is 5.01 Å². The monoisotopic (exact) mass is 460 g/mol. The van der Waals surface area contributed by atoms with Crippen LogP contribution >= 0.6 is 11.3 Å². The molecule has 1 aromatic heterocycles. The minimum atomic E-state index is -0.540. The average molecular weight is 461 g/mol. The van der Waals surface area contributed by atoms with Gasteiger partial charge in [-0.05, 0) is 29.8 Å². The molecular weight excluding hydrogens is 438 g/mol. The van der Waals surface area contributed by atoms with Crippen LogP contribution in [0.15, 0.2) is 53.9 Å². The highest BCUT2D eigenvalue weighted by Crippen LogP contribution is 2.16. The predicted octanol–water partition coefficient (Wildman–Crippen LogP) is 4.03. The summed E-state index contributed by atoms with van der Waals surface area (Å²) in [5.74, 6) is -1.26. The van der Waals surface area contributed by atoms with Crippen molar-refractivity contribution in [2.75, 3.05) is 25.6 Å². The minimum Gasteiger partial charge on any atom is -0.383 e. The molecule has 3 rings (SSSR count). The molecule has 0 unspecified atom stereocenters. The van der Waals surface area contributed by atoms with Gasteiger partial charge < -0.3 is 20.3 Å². The third-order valence-electron chi connectivity index (χ3n) is 4.44. The summed E-state index contributed by atoms with van der Waals surface area (Å²) in [4.78, 5) is 30.8. The first kappa shape index (κ1) is 23.3. The number of benzene rings is 2. The molecule has 32 heavy (non-hydrogen) atoms. The lowest BCUT2D eigenvalue weighted by Crippen LogP contribution is -2.37. The smallest absolute Gasteiger partial charge is 0.322 e. The van der Waals surface area contributed by atoms with E-state index >= 15 is 0 Å². The Labute approximate surface area is 188 Å². The number of hydrogen-bond donors (Lipinski definition) is 2. The first-order valence-corrected chi connectivity index (χ1v) is 10.6. The molecule has 3 aromatic rings. The summed E-state index contributed by atoms with van der Waals surface area (Å²) in [5.41, 5.74) is 1.04. The van der Waals surface area contributed by atoms with Gasteiger partial charge in [-0.1, -0.05) is 24.3 Å². The van der Waals surface area contributed by atoms with Gasteiger partial charge in [0.2, 0.25) is 0 Å². The molecule has 0 saturated carbocycles. The molecule has 168 valence electrons. The number of nitrogens with one attached hydrogen (secondary N) is 2. The summed E-state index contributed by atoms with van der Waals surface area (Å²) >= 11 is 1.23. The summed E-state index contributed by atoms with van der Waals surface area (Å²) in [6.07, 6.45) is 0. The number of carbonyl (C=O) groups excluding carboxylic acids is 2. The third-order valence-corrected chi connectivity index (χ3v) is 5.28. The van der Waals surface area contributed by atoms with Crippen LogP contribution in [0.3, 0.4) is 0 Å². The molecule has 0 aliphatic heterocycles. The van der Waals surface area contributed by atoms with Gasteiger partial charge in [-0.25, -0.2) is 18.6 Å². The fourth-order valence-electron chi connectivity index (χ4n) is 2.74. The van der Waals surface area contributed by atoms with Crippen LogP contribution in [0, 0.1) is 11.6 Å². The molecule has 0 saturated heterocycles. The van der Waals surface area contributed by atoms with E-state index in [0.717, 1.165) is 5.56 Å². The van der Waals surface area contributed by atoms with Crippen molar-refractivity contribution in [3.63, 3.8) is 0 Å². The maximum absolute atomic E-state index is 13.9. The minimum absolute atomic E-state index is 0.0694. The first-order valence-electron chi connectivity index (χ1n) is 9.72. The zero-order valence-electron chi connectivity index (χ0n) is 17.3. The van der Waals surface area contributed by atoms with Crippen LogP contribution in [0.4, 0.5) is 19.3 Å². The Morgan fingerprint density at radius 2 is 1.88 bits per heavy atom. The Morgan fingerprint density at radius 3 is 2.59 bits per heavy atom. The maximum atomic E-state index is 13.9. The number of nitrogens with zero attached hydrogens (tertiary/aromatic N) is 2. The summed E-state index contributed by atoms with van der Waals surface area (Å²) in [5, 5.41) is 7.40. The molecule has 10 heteroatoms. The third kappa shape index (κ3) is 6.56. The van der Waals surface area contributed by atoms with Crippen molar-refractivity contribution in [3.8, 4) is 0 Å². The molecule has 0 bridgehead atoms. The lowest BCUT2D eigenvalue weighted by molar-refractivity contribution is 0.0946. The largest absolute Gasteiger partial charge is 0.383 e. The molecule has 0 aliphatic rings. The number of methoxy groups -OCH3 is 1. The molecule has 2 aromatic carbocycles. The lowest BCUT2D eigenvalue weighted by Gasteiger charge is -2.22. The fraction of sp³-hybridized carbons (Fsp3) is 0.227. The van der Waals surface area contributed by atoms with Crippen molar-refractivity contribution in [2.24, 2.45) is 0 Å². The van der Waals surface area contributed by atoms with Crippen LogP contribution < -0.4 is 10.6 Å². The van der Waals surface area contributed by atoms with Gasteiger partial charge in [-0.15, -0.1) is 11.3 Å². The number of ether oxygens (including phenoxy) is 1. The average Bonchev–Trinajstić information content (AvgIpc) is 3.26. The zero-order valence-corrected chi connectivity index (χ0v) is 18.1. The molecular formula is C22H22F2N4O3S. The first-order chi connectivity index (χ1) is 15.5. The summed E-state index contributed by atoms with van der Waals surface area (Å²) in [7, 11) is 1.51. The van der Waals surface area contributed by atoms with Crippen molar-refractivity contribution >= 4 is 29.0 Å². The highest BCUT2D eigenvalue weighted by atomic mass is 32.1. The van der Waals surface area contributed by atoms with Crippen LogP contribution in [0.2, 0.25) is 0 Å². The number of rotatable bonds is 9. The Hall–Kier alpha value is -3.37. The number of carbonyl (C=O) groups is 2. The zero-order chi connectivity index (χ0) is 22.9. The van der Waals surface area contributed by atoms with Gasteiger partial charge in [0.15, 0.2) is 0 Å². The number of anilines is 1. The van der Waals surface area contributed by atoms with Gasteiger partial charge in [0.05, 0.1) is 18.8 Å². The van der Waals surface area contributed by atoms with Crippen molar-refractivity contribution < 1.29 is 23.1 Å². The quantitative estimate of drug-likeness (QED) is 0.505. The molecule has 0 radical (unpaired) electrons. The number of hydrogen-bond acceptors (Lipinski definition) is 5. The lowest BCUT2D eigenvalue weighted by atomic mass is 10.2. The molecule has 0 atom stereocenters. The van der Waals surface area contributed by atoms with Gasteiger partial charge in [-0.3, -0.25) is 4.79 Å². The topological polar surface area (TPSA) is 83.6 Å². The molecule has 1 heterocycles. The van der Waals surface area contributed by atoms with Crippen molar-refractivity contribution in [1.82, 2.24) is 15.2 Å². The maximum Gasteiger partial charge on any atom is 0.322 e. The van der Waals surface area contributed by atoms with E-state index < -0.39 is 11.8 Å². The number of amides is 3. The molecule has 0 aliphatic carbocycles. The van der Waals surface area contributed by atoms with Crippen molar-refractivity contribution in [2.45, 2.75) is 13.1 Å². The number of halogens is 2. The van der Waals surface area contributed by atoms with E-state index in [2.05, 4.69) is 15.6 Å². The van der Waals surface area contributed by atoms with Crippen LogP contribution in [-0.4, -0.2) is 42.1 Å². The SMILES string of the molecule is COCCN(Cc1nc(C(=O)NCc2ccc(F)cc2)cs1)C(=O)Nc1ccccc1F. The molecule has 3 amide bonds. The van der Waals surface area contributed by atoms with E-state index in [1.807, 2.05) is 0 Å². The predicted molar refractivity (Wildman–Crippen MR) is 117 cm³/mol. The van der Waals surface area contributed by atoms with Gasteiger partial charge in [-0.2, -0.15) is 0 Å². The number of aromatic nitrogens is 1. The number of urea groups is 1. The molecule has 2 N–H and O–H groups in total. The van der Waals surface area contributed by atoms with E-state index in [1.54, 1.807) is 23.6 Å². The van der Waals surface area contributed by atoms with Crippen molar-refractivity contribution in [3.05, 3.63) is 81.8 Å².